The van der Waals surface area contributed by atoms with Crippen LogP contribution >= 0.6 is 11.6 Å². The largest absolute Gasteiger partial charge is 0.434 e. The van der Waals surface area contributed by atoms with Crippen LogP contribution in [0.25, 0.3) is 11.3 Å². The molecule has 0 radical (unpaired) electrons. The minimum atomic E-state index is -4.64. The fraction of sp³-hybridized carbons (Fsp3) is 0.250. The smallest absolute Gasteiger partial charge is 0.259 e. The minimum absolute atomic E-state index is 0.0109. The van der Waals surface area contributed by atoms with E-state index < -0.39 is 22.7 Å². The zero-order valence-electron chi connectivity index (χ0n) is 9.80. The highest BCUT2D eigenvalue weighted by Crippen LogP contribution is 2.40. The van der Waals surface area contributed by atoms with E-state index in [-0.39, 0.29) is 17.8 Å². The first-order valence-electron chi connectivity index (χ1n) is 5.44. The molecule has 0 saturated heterocycles. The van der Waals surface area contributed by atoms with Crippen LogP contribution in [-0.4, -0.2) is 9.78 Å². The number of alkyl halides is 3. The molecule has 19 heavy (non-hydrogen) atoms. The van der Waals surface area contributed by atoms with Crippen LogP contribution in [0.2, 0.25) is 5.02 Å². The number of nitrogens with zero attached hydrogens (tertiary/aromatic N) is 2. The summed E-state index contributed by atoms with van der Waals surface area (Å²) in [6.07, 6.45) is -4.64. The average Bonchev–Trinajstić information content (AvgIpc) is 2.66. The molecule has 102 valence electrons. The summed E-state index contributed by atoms with van der Waals surface area (Å²) in [4.78, 5) is 0. The molecule has 0 aliphatic rings. The Kier molecular flexibility index (Phi) is 3.54. The van der Waals surface area contributed by atoms with Crippen LogP contribution < -0.4 is 0 Å². The summed E-state index contributed by atoms with van der Waals surface area (Å²) in [5, 5.41) is 3.17. The van der Waals surface area contributed by atoms with Gasteiger partial charge in [0, 0.05) is 12.1 Å². The number of hydrogen-bond donors (Lipinski definition) is 0. The van der Waals surface area contributed by atoms with Gasteiger partial charge in [0.1, 0.15) is 11.5 Å². The molecule has 0 unspecified atom stereocenters. The van der Waals surface area contributed by atoms with Gasteiger partial charge in [-0.3, -0.25) is 4.68 Å². The monoisotopic (exact) mass is 292 g/mol. The van der Waals surface area contributed by atoms with Crippen molar-refractivity contribution in [1.29, 1.82) is 0 Å². The Balaban J connectivity index is 2.68. The summed E-state index contributed by atoms with van der Waals surface area (Å²) in [6, 6.07) is 5.43. The third-order valence-corrected chi connectivity index (χ3v) is 2.95. The van der Waals surface area contributed by atoms with E-state index in [9.17, 15) is 17.6 Å². The van der Waals surface area contributed by atoms with Crippen LogP contribution in [0.5, 0.6) is 0 Å². The molecule has 0 aliphatic heterocycles. The molecular formula is C12H9ClF4N2. The number of aryl methyl sites for hydroxylation is 1. The Morgan fingerprint density at radius 1 is 1.26 bits per heavy atom. The Labute approximate surface area is 111 Å². The summed E-state index contributed by atoms with van der Waals surface area (Å²) in [7, 11) is 0. The molecule has 1 aromatic heterocycles. The van der Waals surface area contributed by atoms with E-state index in [0.29, 0.717) is 0 Å². The van der Waals surface area contributed by atoms with Crippen molar-refractivity contribution >= 4 is 11.6 Å². The Morgan fingerprint density at radius 2 is 1.89 bits per heavy atom. The number of benzene rings is 1. The highest BCUT2D eigenvalue weighted by atomic mass is 35.5. The summed E-state index contributed by atoms with van der Waals surface area (Å²) >= 11 is 5.73. The molecule has 2 rings (SSSR count). The van der Waals surface area contributed by atoms with Gasteiger partial charge in [0.2, 0.25) is 0 Å². The van der Waals surface area contributed by atoms with E-state index in [0.717, 1.165) is 10.7 Å². The predicted octanol–water partition coefficient (Wildman–Crippen LogP) is 4.38. The summed E-state index contributed by atoms with van der Waals surface area (Å²) in [6.45, 7) is 1.49. The van der Waals surface area contributed by atoms with Crippen molar-refractivity contribution in [2.45, 2.75) is 19.6 Å². The van der Waals surface area contributed by atoms with Crippen molar-refractivity contribution in [3.63, 3.8) is 0 Å². The first kappa shape index (κ1) is 13.9. The van der Waals surface area contributed by atoms with Crippen LogP contribution in [0.3, 0.4) is 0 Å². The lowest BCUT2D eigenvalue weighted by molar-refractivity contribution is -0.144. The van der Waals surface area contributed by atoms with Gasteiger partial charge in [0.05, 0.1) is 5.02 Å². The normalized spacial score (nSPS) is 11.9. The standard InChI is InChI=1S/C12H9ClF4N2/c1-2-19-11(12(15,16)17)9(13)10(18-19)7-5-3-4-6-8(7)14/h3-6H,2H2,1H3. The van der Waals surface area contributed by atoms with Crippen LogP contribution in [-0.2, 0) is 12.7 Å². The lowest BCUT2D eigenvalue weighted by atomic mass is 10.1. The second-order valence-electron chi connectivity index (χ2n) is 3.80. The molecule has 0 spiro atoms. The SMILES string of the molecule is CCn1nc(-c2ccccc2F)c(Cl)c1C(F)(F)F. The van der Waals surface area contributed by atoms with E-state index in [1.54, 1.807) is 0 Å². The zero-order valence-corrected chi connectivity index (χ0v) is 10.6. The number of halogens is 5. The summed E-state index contributed by atoms with van der Waals surface area (Å²) in [5.74, 6) is -0.668. The second kappa shape index (κ2) is 4.85. The van der Waals surface area contributed by atoms with Gasteiger partial charge in [0.15, 0.2) is 5.69 Å². The average molecular weight is 293 g/mol. The van der Waals surface area contributed by atoms with Crippen LogP contribution in [0, 0.1) is 5.82 Å². The Hall–Kier alpha value is -1.56. The highest BCUT2D eigenvalue weighted by molar-refractivity contribution is 6.33. The van der Waals surface area contributed by atoms with Crippen molar-refractivity contribution in [2.24, 2.45) is 0 Å². The molecule has 1 aromatic carbocycles. The molecule has 0 aliphatic carbocycles. The molecular weight excluding hydrogens is 284 g/mol. The molecule has 0 bridgehead atoms. The Bertz CT molecular complexity index is 604. The van der Waals surface area contributed by atoms with Gasteiger partial charge in [-0.05, 0) is 19.1 Å². The summed E-state index contributed by atoms with van der Waals surface area (Å²) in [5.41, 5.74) is -1.31. The van der Waals surface area contributed by atoms with Crippen molar-refractivity contribution in [3.05, 3.63) is 40.8 Å². The third-order valence-electron chi connectivity index (χ3n) is 2.59. The lowest BCUT2D eigenvalue weighted by Crippen LogP contribution is -2.14. The van der Waals surface area contributed by atoms with E-state index >= 15 is 0 Å². The number of aromatic nitrogens is 2. The van der Waals surface area contributed by atoms with Crippen molar-refractivity contribution in [3.8, 4) is 11.3 Å². The van der Waals surface area contributed by atoms with E-state index in [2.05, 4.69) is 5.10 Å². The quantitative estimate of drug-likeness (QED) is 0.751. The summed E-state index contributed by atoms with van der Waals surface area (Å²) < 4.78 is 53.0. The topological polar surface area (TPSA) is 17.8 Å². The van der Waals surface area contributed by atoms with Gasteiger partial charge < -0.3 is 0 Å². The van der Waals surface area contributed by atoms with Crippen LogP contribution in [0.15, 0.2) is 24.3 Å². The van der Waals surface area contributed by atoms with E-state index in [1.165, 1.54) is 25.1 Å². The van der Waals surface area contributed by atoms with E-state index in [1.807, 2.05) is 0 Å². The molecule has 7 heteroatoms. The molecule has 1 heterocycles. The predicted molar refractivity (Wildman–Crippen MR) is 63.3 cm³/mol. The van der Waals surface area contributed by atoms with Gasteiger partial charge in [-0.15, -0.1) is 0 Å². The first-order valence-corrected chi connectivity index (χ1v) is 5.82. The second-order valence-corrected chi connectivity index (χ2v) is 4.18. The van der Waals surface area contributed by atoms with Crippen molar-refractivity contribution in [2.75, 3.05) is 0 Å². The third kappa shape index (κ3) is 2.45. The van der Waals surface area contributed by atoms with Gasteiger partial charge in [-0.2, -0.15) is 18.3 Å². The van der Waals surface area contributed by atoms with Crippen LogP contribution in [0.1, 0.15) is 12.6 Å². The van der Waals surface area contributed by atoms with E-state index in [4.69, 9.17) is 11.6 Å². The Morgan fingerprint density at radius 3 is 2.37 bits per heavy atom. The van der Waals surface area contributed by atoms with Gasteiger partial charge in [-0.1, -0.05) is 23.7 Å². The number of rotatable bonds is 2. The molecule has 0 N–H and O–H groups in total. The molecule has 0 fully saturated rings. The molecule has 0 saturated carbocycles. The van der Waals surface area contributed by atoms with Gasteiger partial charge in [0.25, 0.3) is 0 Å². The number of hydrogen-bond acceptors (Lipinski definition) is 1. The maximum atomic E-state index is 13.6. The molecule has 2 nitrogen and oxygen atoms in total. The first-order chi connectivity index (χ1) is 8.86. The minimum Gasteiger partial charge on any atom is -0.259 e. The molecule has 0 atom stereocenters. The molecule has 2 aromatic rings. The zero-order chi connectivity index (χ0) is 14.2. The fourth-order valence-electron chi connectivity index (χ4n) is 1.77. The van der Waals surface area contributed by atoms with Crippen molar-refractivity contribution in [1.82, 2.24) is 9.78 Å². The lowest BCUT2D eigenvalue weighted by Gasteiger charge is -2.08. The van der Waals surface area contributed by atoms with Gasteiger partial charge in [-0.25, -0.2) is 4.39 Å². The van der Waals surface area contributed by atoms with Gasteiger partial charge >= 0.3 is 6.18 Å². The van der Waals surface area contributed by atoms with Crippen molar-refractivity contribution < 1.29 is 17.6 Å². The maximum Gasteiger partial charge on any atom is 0.434 e. The fourth-order valence-corrected chi connectivity index (χ4v) is 2.11. The highest BCUT2D eigenvalue weighted by Gasteiger charge is 2.39. The van der Waals surface area contributed by atoms with Crippen LogP contribution in [0.4, 0.5) is 17.6 Å². The maximum absolute atomic E-state index is 13.6. The molecule has 0 amide bonds.